The second kappa shape index (κ2) is 6.18. The number of hydrogen-bond acceptors (Lipinski definition) is 4. The maximum atomic E-state index is 12.0. The van der Waals surface area contributed by atoms with E-state index < -0.39 is 5.97 Å². The van der Waals surface area contributed by atoms with Gasteiger partial charge in [-0.2, -0.15) is 0 Å². The number of amides is 1. The van der Waals surface area contributed by atoms with Gasteiger partial charge >= 0.3 is 5.97 Å². The third kappa shape index (κ3) is 3.14. The number of carboxylic acids is 1. The highest BCUT2D eigenvalue weighted by molar-refractivity contribution is 5.90. The van der Waals surface area contributed by atoms with Crippen LogP contribution in [0.4, 0.5) is 0 Å². The Labute approximate surface area is 116 Å². The summed E-state index contributed by atoms with van der Waals surface area (Å²) < 4.78 is 5.28. The van der Waals surface area contributed by atoms with Crippen molar-refractivity contribution in [1.82, 2.24) is 9.88 Å². The molecule has 0 saturated carbocycles. The number of carbonyl (C=O) groups is 2. The monoisotopic (exact) mass is 276 g/mol. The van der Waals surface area contributed by atoms with Gasteiger partial charge in [-0.05, 0) is 25.3 Å². The van der Waals surface area contributed by atoms with Crippen molar-refractivity contribution >= 4 is 11.9 Å². The molecule has 6 nitrogen and oxygen atoms in total. The van der Waals surface area contributed by atoms with E-state index in [2.05, 4.69) is 4.98 Å². The van der Waals surface area contributed by atoms with E-state index in [-0.39, 0.29) is 23.8 Å². The highest BCUT2D eigenvalue weighted by atomic mass is 16.5. The molecule has 1 aliphatic rings. The summed E-state index contributed by atoms with van der Waals surface area (Å²) >= 11 is 0. The lowest BCUT2D eigenvalue weighted by atomic mass is 10.2. The van der Waals surface area contributed by atoms with Crippen LogP contribution >= 0.6 is 0 Å². The number of pyridine rings is 1. The van der Waals surface area contributed by atoms with E-state index in [4.69, 9.17) is 9.84 Å². The molecule has 0 spiro atoms. The smallest absolute Gasteiger partial charge is 0.339 e. The molecule has 0 fully saturated rings. The molecule has 20 heavy (non-hydrogen) atoms. The van der Waals surface area contributed by atoms with Gasteiger partial charge < -0.3 is 14.7 Å². The normalized spacial score (nSPS) is 13.8. The van der Waals surface area contributed by atoms with Crippen molar-refractivity contribution in [2.24, 2.45) is 0 Å². The first-order chi connectivity index (χ1) is 9.59. The number of rotatable bonds is 5. The van der Waals surface area contributed by atoms with E-state index in [1.165, 1.54) is 18.5 Å². The van der Waals surface area contributed by atoms with Crippen molar-refractivity contribution in [2.45, 2.75) is 19.3 Å². The lowest BCUT2D eigenvalue weighted by Crippen LogP contribution is -2.30. The number of ether oxygens (including phenoxy) is 1. The molecule has 0 atom stereocenters. The minimum absolute atomic E-state index is 0.00413. The predicted molar refractivity (Wildman–Crippen MR) is 71.4 cm³/mol. The van der Waals surface area contributed by atoms with Crippen molar-refractivity contribution in [2.75, 3.05) is 13.7 Å². The van der Waals surface area contributed by atoms with E-state index >= 15 is 0 Å². The average molecular weight is 276 g/mol. The fourth-order valence-corrected chi connectivity index (χ4v) is 2.03. The zero-order valence-corrected chi connectivity index (χ0v) is 11.2. The van der Waals surface area contributed by atoms with Crippen LogP contribution in [0.5, 0.6) is 5.75 Å². The number of carbonyl (C=O) groups excluding carboxylic acids is 1. The van der Waals surface area contributed by atoms with Crippen molar-refractivity contribution in [3.05, 3.63) is 35.8 Å². The van der Waals surface area contributed by atoms with E-state index in [1.54, 1.807) is 11.9 Å². The van der Waals surface area contributed by atoms with Crippen molar-refractivity contribution in [3.63, 3.8) is 0 Å². The summed E-state index contributed by atoms with van der Waals surface area (Å²) in [5.74, 6) is -1.22. The quantitative estimate of drug-likeness (QED) is 0.885. The zero-order chi connectivity index (χ0) is 14.5. The maximum absolute atomic E-state index is 12.0. The molecule has 1 N–H and O–H groups in total. The summed E-state index contributed by atoms with van der Waals surface area (Å²) in [5, 5.41) is 9.00. The summed E-state index contributed by atoms with van der Waals surface area (Å²) in [4.78, 5) is 28.3. The molecule has 0 saturated heterocycles. The second-order valence-corrected chi connectivity index (χ2v) is 4.51. The van der Waals surface area contributed by atoms with Crippen LogP contribution in [-0.4, -0.2) is 40.5 Å². The van der Waals surface area contributed by atoms with Crippen LogP contribution in [0.15, 0.2) is 30.2 Å². The maximum Gasteiger partial charge on any atom is 0.339 e. The molecule has 1 aliphatic carbocycles. The Morgan fingerprint density at radius 2 is 2.30 bits per heavy atom. The summed E-state index contributed by atoms with van der Waals surface area (Å²) in [6.45, 7) is -0.209. The lowest BCUT2D eigenvalue weighted by Gasteiger charge is -2.18. The number of carboxylic acid groups (broad SMARTS) is 1. The fraction of sp³-hybridized carbons (Fsp3) is 0.357. The van der Waals surface area contributed by atoms with Crippen molar-refractivity contribution in [1.29, 1.82) is 0 Å². The van der Waals surface area contributed by atoms with Gasteiger partial charge in [0.05, 0.1) is 6.20 Å². The molecule has 1 amide bonds. The van der Waals surface area contributed by atoms with Gasteiger partial charge in [-0.1, -0.05) is 6.08 Å². The van der Waals surface area contributed by atoms with Gasteiger partial charge in [-0.3, -0.25) is 9.78 Å². The van der Waals surface area contributed by atoms with Crippen LogP contribution in [-0.2, 0) is 4.79 Å². The van der Waals surface area contributed by atoms with Crippen LogP contribution in [0.2, 0.25) is 0 Å². The topological polar surface area (TPSA) is 79.7 Å². The molecule has 1 aromatic heterocycles. The number of likely N-dealkylation sites (N-methyl/N-ethyl adjacent to an activating group) is 1. The van der Waals surface area contributed by atoms with E-state index in [9.17, 15) is 9.59 Å². The molecular formula is C14H16N2O4. The van der Waals surface area contributed by atoms with Gasteiger partial charge in [-0.25, -0.2) is 4.79 Å². The number of hydrogen-bond donors (Lipinski definition) is 1. The van der Waals surface area contributed by atoms with Gasteiger partial charge in [0.1, 0.15) is 5.56 Å². The Balaban J connectivity index is 1.98. The third-order valence-electron chi connectivity index (χ3n) is 3.19. The van der Waals surface area contributed by atoms with Crippen molar-refractivity contribution < 1.29 is 19.4 Å². The summed E-state index contributed by atoms with van der Waals surface area (Å²) in [6, 6.07) is 1.34. The Morgan fingerprint density at radius 3 is 2.95 bits per heavy atom. The molecule has 2 rings (SSSR count). The minimum atomic E-state index is -1.11. The number of allylic oxidation sites excluding steroid dienone is 2. The molecule has 6 heteroatoms. The minimum Gasteiger partial charge on any atom is -0.481 e. The number of aromatic carboxylic acids is 1. The average Bonchev–Trinajstić information content (AvgIpc) is 2.98. The Kier molecular flexibility index (Phi) is 4.34. The van der Waals surface area contributed by atoms with Crippen LogP contribution < -0.4 is 4.74 Å². The molecule has 1 heterocycles. The Morgan fingerprint density at radius 1 is 1.50 bits per heavy atom. The van der Waals surface area contributed by atoms with Gasteiger partial charge in [0.15, 0.2) is 12.4 Å². The van der Waals surface area contributed by atoms with Crippen molar-refractivity contribution in [3.8, 4) is 5.75 Å². The molecule has 0 bridgehead atoms. The standard InChI is InChI=1S/C14H16N2O4/c1-16(10-4-2-3-5-10)13(17)9-20-12-8-15-7-6-11(12)14(18)19/h4,6-8H,2-3,5,9H2,1H3,(H,18,19). The summed E-state index contributed by atoms with van der Waals surface area (Å²) in [6.07, 6.45) is 7.62. The lowest BCUT2D eigenvalue weighted by molar-refractivity contribution is -0.130. The number of aromatic nitrogens is 1. The van der Waals surface area contributed by atoms with Gasteiger partial charge in [0.2, 0.25) is 0 Å². The van der Waals surface area contributed by atoms with E-state index in [0.29, 0.717) is 0 Å². The van der Waals surface area contributed by atoms with E-state index in [1.807, 2.05) is 6.08 Å². The summed E-state index contributed by atoms with van der Waals surface area (Å²) in [5.41, 5.74) is 0.985. The first kappa shape index (κ1) is 14.0. The first-order valence-electron chi connectivity index (χ1n) is 6.35. The Hall–Kier alpha value is -2.37. The molecule has 1 aromatic rings. The van der Waals surface area contributed by atoms with Gasteiger partial charge in [-0.15, -0.1) is 0 Å². The predicted octanol–water partition coefficient (Wildman–Crippen LogP) is 1.68. The third-order valence-corrected chi connectivity index (χ3v) is 3.19. The zero-order valence-electron chi connectivity index (χ0n) is 11.2. The first-order valence-corrected chi connectivity index (χ1v) is 6.35. The Bertz CT molecular complexity index is 554. The van der Waals surface area contributed by atoms with Gasteiger partial charge in [0, 0.05) is 18.9 Å². The molecule has 106 valence electrons. The molecule has 0 aromatic carbocycles. The second-order valence-electron chi connectivity index (χ2n) is 4.51. The SMILES string of the molecule is CN(C(=O)COc1cnccc1C(=O)O)C1=CCCC1. The van der Waals surface area contributed by atoms with Gasteiger partial charge in [0.25, 0.3) is 5.91 Å². The highest BCUT2D eigenvalue weighted by Crippen LogP contribution is 2.21. The van der Waals surface area contributed by atoms with Crippen LogP contribution in [0, 0.1) is 0 Å². The molecule has 0 aliphatic heterocycles. The molecule has 0 unspecified atom stereocenters. The fourth-order valence-electron chi connectivity index (χ4n) is 2.03. The summed E-state index contributed by atoms with van der Waals surface area (Å²) in [7, 11) is 1.70. The van der Waals surface area contributed by atoms with Crippen LogP contribution in [0.3, 0.4) is 0 Å². The van der Waals surface area contributed by atoms with E-state index in [0.717, 1.165) is 25.0 Å². The van der Waals surface area contributed by atoms with Crippen LogP contribution in [0.25, 0.3) is 0 Å². The highest BCUT2D eigenvalue weighted by Gasteiger charge is 2.18. The largest absolute Gasteiger partial charge is 0.481 e. The molecular weight excluding hydrogens is 260 g/mol. The molecule has 0 radical (unpaired) electrons. The van der Waals surface area contributed by atoms with Crippen LogP contribution in [0.1, 0.15) is 29.6 Å². The number of nitrogens with zero attached hydrogens (tertiary/aromatic N) is 2.